The van der Waals surface area contributed by atoms with Gasteiger partial charge < -0.3 is 20.3 Å². The smallest absolute Gasteiger partial charge is 0.253 e. The van der Waals surface area contributed by atoms with E-state index in [9.17, 15) is 14.4 Å². The monoisotopic (exact) mass is 421 g/mol. The summed E-state index contributed by atoms with van der Waals surface area (Å²) in [7, 11) is 1.70. The number of hydrogen-bond acceptors (Lipinski definition) is 4. The summed E-state index contributed by atoms with van der Waals surface area (Å²) in [6, 6.07) is 14.3. The second-order valence-electron chi connectivity index (χ2n) is 8.05. The lowest BCUT2D eigenvalue weighted by molar-refractivity contribution is -0.137. The first-order chi connectivity index (χ1) is 15.0. The summed E-state index contributed by atoms with van der Waals surface area (Å²) in [5.41, 5.74) is 3.30. The highest BCUT2D eigenvalue weighted by atomic mass is 16.5. The molecule has 7 nitrogen and oxygen atoms in total. The van der Waals surface area contributed by atoms with Crippen molar-refractivity contribution in [1.29, 1.82) is 0 Å². The summed E-state index contributed by atoms with van der Waals surface area (Å²) in [4.78, 5) is 40.3. The summed E-state index contributed by atoms with van der Waals surface area (Å²) in [6.07, 6.45) is 1.89. The van der Waals surface area contributed by atoms with Gasteiger partial charge in [-0.05, 0) is 37.0 Å². The molecule has 7 heteroatoms. The van der Waals surface area contributed by atoms with Gasteiger partial charge in [-0.1, -0.05) is 42.5 Å². The second kappa shape index (κ2) is 8.89. The lowest BCUT2D eigenvalue weighted by atomic mass is 9.95. The fourth-order valence-corrected chi connectivity index (χ4v) is 4.13. The first-order valence-electron chi connectivity index (χ1n) is 10.6. The molecule has 2 aromatic rings. The van der Waals surface area contributed by atoms with Gasteiger partial charge in [-0.15, -0.1) is 0 Å². The van der Waals surface area contributed by atoms with E-state index in [4.69, 9.17) is 4.74 Å². The maximum absolute atomic E-state index is 13.3. The van der Waals surface area contributed by atoms with Crippen LogP contribution in [0.4, 0.5) is 5.69 Å². The zero-order valence-electron chi connectivity index (χ0n) is 17.8. The number of carbonyl (C=O) groups excluding carboxylic acids is 3. The zero-order valence-corrected chi connectivity index (χ0v) is 17.8. The van der Waals surface area contributed by atoms with E-state index in [-0.39, 0.29) is 17.9 Å². The molecule has 1 fully saturated rings. The van der Waals surface area contributed by atoms with Gasteiger partial charge in [0.05, 0.1) is 11.8 Å². The maximum atomic E-state index is 13.3. The van der Waals surface area contributed by atoms with Crippen LogP contribution in [0.1, 0.15) is 31.4 Å². The van der Waals surface area contributed by atoms with E-state index in [1.807, 2.05) is 48.5 Å². The molecule has 2 aromatic carbocycles. The number of carbonyl (C=O) groups is 3. The summed E-state index contributed by atoms with van der Waals surface area (Å²) < 4.78 is 5.51. The van der Waals surface area contributed by atoms with Gasteiger partial charge in [-0.2, -0.15) is 0 Å². The minimum Gasteiger partial charge on any atom is -0.376 e. The average molecular weight is 421 g/mol. The van der Waals surface area contributed by atoms with Crippen molar-refractivity contribution in [2.45, 2.75) is 31.9 Å². The lowest BCUT2D eigenvalue weighted by Gasteiger charge is -2.24. The molecule has 0 radical (unpaired) electrons. The van der Waals surface area contributed by atoms with Gasteiger partial charge >= 0.3 is 0 Å². The predicted molar refractivity (Wildman–Crippen MR) is 117 cm³/mol. The molecule has 31 heavy (non-hydrogen) atoms. The summed E-state index contributed by atoms with van der Waals surface area (Å²) in [5, 5.41) is 5.60. The van der Waals surface area contributed by atoms with Crippen LogP contribution in [0.3, 0.4) is 0 Å². The standard InChI is InChI=1S/C24H27N3O4/c1-15(22(28)25-14-16-8-7-13-31-16)23(29)26-21-19-11-4-3-9-17(19)18-10-5-6-12-20(18)27(2)24(21)30/h3-6,9-12,15-16,21H,7-8,13-14H2,1-2H3,(H,25,28)(H,26,29). The Labute approximate surface area is 181 Å². The Balaban J connectivity index is 1.54. The molecule has 3 unspecified atom stereocenters. The van der Waals surface area contributed by atoms with Gasteiger partial charge in [-0.3, -0.25) is 14.4 Å². The molecular weight excluding hydrogens is 394 g/mol. The third-order valence-corrected chi connectivity index (χ3v) is 6.01. The van der Waals surface area contributed by atoms with Crippen molar-refractivity contribution in [2.75, 3.05) is 25.1 Å². The highest BCUT2D eigenvalue weighted by Crippen LogP contribution is 2.39. The summed E-state index contributed by atoms with van der Waals surface area (Å²) in [5.74, 6) is -2.05. The molecule has 3 amide bonds. The molecule has 2 N–H and O–H groups in total. The van der Waals surface area contributed by atoms with Crippen LogP contribution in [0.5, 0.6) is 0 Å². The highest BCUT2D eigenvalue weighted by molar-refractivity contribution is 6.07. The molecule has 0 aliphatic carbocycles. The number of rotatable bonds is 5. The number of ether oxygens (including phenoxy) is 1. The van der Waals surface area contributed by atoms with Gasteiger partial charge in [0.15, 0.2) is 0 Å². The van der Waals surface area contributed by atoms with Crippen LogP contribution < -0.4 is 15.5 Å². The van der Waals surface area contributed by atoms with Crippen LogP contribution in [0.25, 0.3) is 11.1 Å². The maximum Gasteiger partial charge on any atom is 0.253 e. The van der Waals surface area contributed by atoms with Gasteiger partial charge in [0, 0.05) is 25.8 Å². The minimum absolute atomic E-state index is 0.00155. The number of amides is 3. The third kappa shape index (κ3) is 4.18. The molecule has 0 saturated carbocycles. The van der Waals surface area contributed by atoms with Crippen molar-refractivity contribution < 1.29 is 19.1 Å². The molecule has 0 spiro atoms. The van der Waals surface area contributed by atoms with Gasteiger partial charge in [0.1, 0.15) is 12.0 Å². The Kier molecular flexibility index (Phi) is 6.04. The summed E-state index contributed by atoms with van der Waals surface area (Å²) >= 11 is 0. The molecule has 0 aromatic heterocycles. The molecular formula is C24H27N3O4. The van der Waals surface area contributed by atoms with E-state index in [0.717, 1.165) is 29.7 Å². The van der Waals surface area contributed by atoms with Gasteiger partial charge in [-0.25, -0.2) is 0 Å². The Morgan fingerprint density at radius 1 is 1.10 bits per heavy atom. The first kappa shape index (κ1) is 21.1. The fraction of sp³-hybridized carbons (Fsp3) is 0.375. The highest BCUT2D eigenvalue weighted by Gasteiger charge is 2.35. The largest absolute Gasteiger partial charge is 0.376 e. The van der Waals surface area contributed by atoms with E-state index < -0.39 is 17.9 Å². The molecule has 1 saturated heterocycles. The Morgan fingerprint density at radius 3 is 2.55 bits per heavy atom. The van der Waals surface area contributed by atoms with Crippen LogP contribution in [0.2, 0.25) is 0 Å². The summed E-state index contributed by atoms with van der Waals surface area (Å²) in [6.45, 7) is 2.64. The Morgan fingerprint density at radius 2 is 1.81 bits per heavy atom. The number of anilines is 1. The number of nitrogens with zero attached hydrogens (tertiary/aromatic N) is 1. The fourth-order valence-electron chi connectivity index (χ4n) is 4.13. The number of hydrogen-bond donors (Lipinski definition) is 2. The SMILES string of the molecule is CC(C(=O)NCC1CCCO1)C(=O)NC1C(=O)N(C)c2ccccc2-c2ccccc21. The number of para-hydroxylation sites is 1. The molecule has 2 aliphatic heterocycles. The minimum atomic E-state index is -0.933. The van der Waals surface area contributed by atoms with Crippen molar-refractivity contribution in [3.8, 4) is 11.1 Å². The molecule has 2 aliphatic rings. The molecule has 0 bridgehead atoms. The molecule has 3 atom stereocenters. The lowest BCUT2D eigenvalue weighted by Crippen LogP contribution is -2.46. The topological polar surface area (TPSA) is 87.7 Å². The average Bonchev–Trinajstić information content (AvgIpc) is 3.30. The van der Waals surface area contributed by atoms with Crippen LogP contribution in [-0.2, 0) is 19.1 Å². The molecule has 4 rings (SSSR count). The first-order valence-corrected chi connectivity index (χ1v) is 10.6. The number of nitrogens with one attached hydrogen (secondary N) is 2. The number of fused-ring (bicyclic) bond motifs is 3. The van der Waals surface area contributed by atoms with Crippen LogP contribution in [-0.4, -0.2) is 44.0 Å². The van der Waals surface area contributed by atoms with E-state index in [2.05, 4.69) is 10.6 Å². The van der Waals surface area contributed by atoms with E-state index >= 15 is 0 Å². The van der Waals surface area contributed by atoms with E-state index in [1.165, 1.54) is 0 Å². The van der Waals surface area contributed by atoms with E-state index in [0.29, 0.717) is 18.7 Å². The zero-order chi connectivity index (χ0) is 22.0. The molecule has 2 heterocycles. The van der Waals surface area contributed by atoms with E-state index in [1.54, 1.807) is 18.9 Å². The van der Waals surface area contributed by atoms with Gasteiger partial charge in [0.2, 0.25) is 11.8 Å². The van der Waals surface area contributed by atoms with Crippen molar-refractivity contribution >= 4 is 23.4 Å². The van der Waals surface area contributed by atoms with Crippen LogP contribution >= 0.6 is 0 Å². The van der Waals surface area contributed by atoms with Gasteiger partial charge in [0.25, 0.3) is 5.91 Å². The quantitative estimate of drug-likeness (QED) is 0.726. The van der Waals surface area contributed by atoms with Crippen molar-refractivity contribution in [3.63, 3.8) is 0 Å². The third-order valence-electron chi connectivity index (χ3n) is 6.01. The van der Waals surface area contributed by atoms with Crippen LogP contribution in [0.15, 0.2) is 48.5 Å². The van der Waals surface area contributed by atoms with Crippen molar-refractivity contribution in [2.24, 2.45) is 5.92 Å². The number of likely N-dealkylation sites (N-methyl/N-ethyl adjacent to an activating group) is 1. The normalized spacial score (nSPS) is 21.0. The van der Waals surface area contributed by atoms with Crippen LogP contribution in [0, 0.1) is 5.92 Å². The van der Waals surface area contributed by atoms with Crippen molar-refractivity contribution in [3.05, 3.63) is 54.1 Å². The van der Waals surface area contributed by atoms with Crippen molar-refractivity contribution in [1.82, 2.24) is 10.6 Å². The Bertz CT molecular complexity index is 1000. The predicted octanol–water partition coefficient (Wildman–Crippen LogP) is 2.42. The Hall–Kier alpha value is -3.19. The molecule has 162 valence electrons. The number of benzene rings is 2. The second-order valence-corrected chi connectivity index (χ2v) is 8.05.